The highest BCUT2D eigenvalue weighted by molar-refractivity contribution is 5.24. The molecule has 3 rings (SSSR count). The summed E-state index contributed by atoms with van der Waals surface area (Å²) in [4.78, 5) is 4.12. The molecular formula is C14H16N2O. The molecule has 1 aliphatic rings. The molecule has 88 valence electrons. The van der Waals surface area contributed by atoms with Gasteiger partial charge in [0.15, 0.2) is 0 Å². The molecule has 2 aromatic rings. The smallest absolute Gasteiger partial charge is 0.108 e. The summed E-state index contributed by atoms with van der Waals surface area (Å²) in [5.41, 5.74) is 2.56. The Kier molecular flexibility index (Phi) is 2.92. The fraction of sp³-hybridized carbons (Fsp3) is 0.357. The van der Waals surface area contributed by atoms with E-state index in [1.165, 1.54) is 24.0 Å². The van der Waals surface area contributed by atoms with Gasteiger partial charge in [0, 0.05) is 37.0 Å². The van der Waals surface area contributed by atoms with Crippen LogP contribution in [-0.2, 0) is 13.0 Å². The van der Waals surface area contributed by atoms with E-state index in [4.69, 9.17) is 4.42 Å². The van der Waals surface area contributed by atoms with Crippen molar-refractivity contribution in [1.29, 1.82) is 0 Å². The number of fused-ring (bicyclic) bond motifs is 1. The van der Waals surface area contributed by atoms with Crippen LogP contribution in [0.15, 0.2) is 41.3 Å². The van der Waals surface area contributed by atoms with E-state index in [0.29, 0.717) is 6.04 Å². The Hall–Kier alpha value is -1.61. The molecule has 0 bridgehead atoms. The molecule has 17 heavy (non-hydrogen) atoms. The Labute approximate surface area is 101 Å². The van der Waals surface area contributed by atoms with Crippen molar-refractivity contribution in [3.05, 3.63) is 53.7 Å². The van der Waals surface area contributed by atoms with Crippen molar-refractivity contribution in [3.63, 3.8) is 0 Å². The zero-order valence-electron chi connectivity index (χ0n) is 9.73. The zero-order chi connectivity index (χ0) is 11.5. The Morgan fingerprint density at radius 1 is 1.41 bits per heavy atom. The zero-order valence-corrected chi connectivity index (χ0v) is 9.73. The van der Waals surface area contributed by atoms with Crippen LogP contribution in [0, 0.1) is 0 Å². The Morgan fingerprint density at radius 3 is 3.29 bits per heavy atom. The SMILES string of the molecule is c1cncc(CNC2CCCc3occc32)c1. The van der Waals surface area contributed by atoms with Gasteiger partial charge in [-0.2, -0.15) is 0 Å². The largest absolute Gasteiger partial charge is 0.469 e. The highest BCUT2D eigenvalue weighted by atomic mass is 16.3. The Balaban J connectivity index is 1.68. The first kappa shape index (κ1) is 10.5. The van der Waals surface area contributed by atoms with Crippen LogP contribution in [0.3, 0.4) is 0 Å². The van der Waals surface area contributed by atoms with Crippen LogP contribution in [0.5, 0.6) is 0 Å². The lowest BCUT2D eigenvalue weighted by molar-refractivity contribution is 0.410. The molecule has 0 amide bonds. The van der Waals surface area contributed by atoms with Gasteiger partial charge in [-0.25, -0.2) is 0 Å². The van der Waals surface area contributed by atoms with Crippen LogP contribution >= 0.6 is 0 Å². The first-order valence-corrected chi connectivity index (χ1v) is 6.12. The first-order chi connectivity index (χ1) is 8.43. The molecule has 0 aromatic carbocycles. The minimum absolute atomic E-state index is 0.428. The van der Waals surface area contributed by atoms with Gasteiger partial charge in [-0.05, 0) is 30.5 Å². The molecule has 0 fully saturated rings. The van der Waals surface area contributed by atoms with Gasteiger partial charge in [0.1, 0.15) is 5.76 Å². The van der Waals surface area contributed by atoms with E-state index < -0.39 is 0 Å². The number of pyridine rings is 1. The van der Waals surface area contributed by atoms with E-state index >= 15 is 0 Å². The van der Waals surface area contributed by atoms with Gasteiger partial charge in [-0.15, -0.1) is 0 Å². The monoisotopic (exact) mass is 228 g/mol. The number of rotatable bonds is 3. The van der Waals surface area contributed by atoms with E-state index in [9.17, 15) is 0 Å². The molecule has 0 aliphatic heterocycles. The van der Waals surface area contributed by atoms with Gasteiger partial charge >= 0.3 is 0 Å². The molecule has 1 aliphatic carbocycles. The summed E-state index contributed by atoms with van der Waals surface area (Å²) in [6.45, 7) is 0.864. The fourth-order valence-electron chi connectivity index (χ4n) is 2.44. The number of aryl methyl sites for hydroxylation is 1. The van der Waals surface area contributed by atoms with Crippen molar-refractivity contribution in [2.45, 2.75) is 31.8 Å². The maximum atomic E-state index is 5.49. The third-order valence-electron chi connectivity index (χ3n) is 3.33. The minimum Gasteiger partial charge on any atom is -0.469 e. The van der Waals surface area contributed by atoms with Crippen molar-refractivity contribution in [3.8, 4) is 0 Å². The molecule has 1 N–H and O–H groups in total. The second-order valence-electron chi connectivity index (χ2n) is 4.49. The van der Waals surface area contributed by atoms with E-state index in [0.717, 1.165) is 18.7 Å². The Morgan fingerprint density at radius 2 is 2.41 bits per heavy atom. The summed E-state index contributed by atoms with van der Waals surface area (Å²) in [6.07, 6.45) is 8.98. The number of nitrogens with zero attached hydrogens (tertiary/aromatic N) is 1. The number of furan rings is 1. The molecule has 0 radical (unpaired) electrons. The molecular weight excluding hydrogens is 212 g/mol. The molecule has 1 atom stereocenters. The van der Waals surface area contributed by atoms with Gasteiger partial charge < -0.3 is 9.73 Å². The standard InChI is InChI=1S/C14H16N2O/c1-4-13(12-6-8-17-14(12)5-1)16-10-11-3-2-7-15-9-11/h2-3,6-9,13,16H,1,4-5,10H2. The average Bonchev–Trinajstić information content (AvgIpc) is 2.86. The fourth-order valence-corrected chi connectivity index (χ4v) is 2.44. The first-order valence-electron chi connectivity index (χ1n) is 6.12. The number of hydrogen-bond donors (Lipinski definition) is 1. The second-order valence-corrected chi connectivity index (χ2v) is 4.49. The predicted octanol–water partition coefficient (Wildman–Crippen LogP) is 2.84. The average molecular weight is 228 g/mol. The minimum atomic E-state index is 0.428. The topological polar surface area (TPSA) is 38.1 Å². The number of hydrogen-bond acceptors (Lipinski definition) is 3. The third kappa shape index (κ3) is 2.24. The molecule has 0 saturated heterocycles. The third-order valence-corrected chi connectivity index (χ3v) is 3.33. The number of nitrogens with one attached hydrogen (secondary N) is 1. The quantitative estimate of drug-likeness (QED) is 0.877. The van der Waals surface area contributed by atoms with Crippen LogP contribution in [-0.4, -0.2) is 4.98 Å². The lowest BCUT2D eigenvalue weighted by atomic mass is 9.93. The molecule has 1 unspecified atom stereocenters. The second kappa shape index (κ2) is 4.72. The molecule has 2 aromatic heterocycles. The summed E-state index contributed by atoms with van der Waals surface area (Å²) >= 11 is 0. The van der Waals surface area contributed by atoms with E-state index in [1.807, 2.05) is 12.3 Å². The van der Waals surface area contributed by atoms with Gasteiger partial charge in [-0.1, -0.05) is 6.07 Å². The van der Waals surface area contributed by atoms with E-state index in [1.54, 1.807) is 12.5 Å². The molecule has 3 nitrogen and oxygen atoms in total. The van der Waals surface area contributed by atoms with Crippen molar-refractivity contribution in [2.24, 2.45) is 0 Å². The summed E-state index contributed by atoms with van der Waals surface area (Å²) in [7, 11) is 0. The van der Waals surface area contributed by atoms with Crippen molar-refractivity contribution in [2.75, 3.05) is 0 Å². The van der Waals surface area contributed by atoms with E-state index in [2.05, 4.69) is 22.4 Å². The van der Waals surface area contributed by atoms with Gasteiger partial charge in [0.2, 0.25) is 0 Å². The van der Waals surface area contributed by atoms with Crippen LogP contribution in [0.25, 0.3) is 0 Å². The molecule has 3 heteroatoms. The van der Waals surface area contributed by atoms with Gasteiger partial charge in [0.25, 0.3) is 0 Å². The summed E-state index contributed by atoms with van der Waals surface area (Å²) in [5, 5.41) is 3.58. The molecule has 2 heterocycles. The van der Waals surface area contributed by atoms with Gasteiger partial charge in [-0.3, -0.25) is 4.98 Å². The predicted molar refractivity (Wildman–Crippen MR) is 65.5 cm³/mol. The number of aromatic nitrogens is 1. The summed E-state index contributed by atoms with van der Waals surface area (Å²) in [6, 6.07) is 6.59. The Bertz CT molecular complexity index is 478. The van der Waals surface area contributed by atoms with E-state index in [-0.39, 0.29) is 0 Å². The van der Waals surface area contributed by atoms with Crippen molar-refractivity contribution in [1.82, 2.24) is 10.3 Å². The van der Waals surface area contributed by atoms with Crippen LogP contribution in [0.4, 0.5) is 0 Å². The van der Waals surface area contributed by atoms with Crippen molar-refractivity contribution >= 4 is 0 Å². The maximum Gasteiger partial charge on any atom is 0.108 e. The van der Waals surface area contributed by atoms with Crippen LogP contribution < -0.4 is 5.32 Å². The molecule has 0 saturated carbocycles. The van der Waals surface area contributed by atoms with Crippen LogP contribution in [0.2, 0.25) is 0 Å². The lowest BCUT2D eigenvalue weighted by Gasteiger charge is -2.22. The summed E-state index contributed by atoms with van der Waals surface area (Å²) < 4.78 is 5.49. The van der Waals surface area contributed by atoms with Crippen molar-refractivity contribution < 1.29 is 4.42 Å². The summed E-state index contributed by atoms with van der Waals surface area (Å²) in [5.74, 6) is 1.15. The lowest BCUT2D eigenvalue weighted by Crippen LogP contribution is -2.24. The van der Waals surface area contributed by atoms with Gasteiger partial charge in [0.05, 0.1) is 6.26 Å². The normalized spacial score (nSPS) is 18.9. The highest BCUT2D eigenvalue weighted by Crippen LogP contribution is 2.30. The maximum absolute atomic E-state index is 5.49. The van der Waals surface area contributed by atoms with Crippen LogP contribution in [0.1, 0.15) is 35.8 Å². The molecule has 0 spiro atoms. The highest BCUT2D eigenvalue weighted by Gasteiger charge is 2.21.